The highest BCUT2D eigenvalue weighted by Gasteiger charge is 2.25. The number of hydrogen-bond donors (Lipinski definition) is 0. The third kappa shape index (κ3) is 3.19. The van der Waals surface area contributed by atoms with Gasteiger partial charge in [0.25, 0.3) is 5.56 Å². The number of amides is 1. The Kier molecular flexibility index (Phi) is 4.82. The lowest BCUT2D eigenvalue weighted by atomic mass is 10.2. The van der Waals surface area contributed by atoms with Crippen LogP contribution in [0.2, 0.25) is 0 Å². The monoisotopic (exact) mass is 399 g/mol. The van der Waals surface area contributed by atoms with Gasteiger partial charge in [0.2, 0.25) is 5.91 Å². The first kappa shape index (κ1) is 18.3. The molecule has 27 heavy (non-hydrogen) atoms. The Morgan fingerprint density at radius 3 is 2.78 bits per heavy atom. The van der Waals surface area contributed by atoms with Crippen LogP contribution in [0.3, 0.4) is 0 Å². The van der Waals surface area contributed by atoms with E-state index in [0.29, 0.717) is 5.16 Å². The highest BCUT2D eigenvalue weighted by Crippen LogP contribution is 2.36. The molecule has 0 bridgehead atoms. The van der Waals surface area contributed by atoms with Crippen molar-refractivity contribution in [2.24, 2.45) is 7.05 Å². The Bertz CT molecular complexity index is 1070. The first-order valence-electron chi connectivity index (χ1n) is 8.98. The third-order valence-electron chi connectivity index (χ3n) is 5.01. The third-order valence-corrected chi connectivity index (χ3v) is 7.33. The topological polar surface area (TPSA) is 55.2 Å². The van der Waals surface area contributed by atoms with Gasteiger partial charge in [-0.3, -0.25) is 14.2 Å². The molecule has 0 radical (unpaired) electrons. The SMILES string of the molecule is CC(Sc1nc2sc3c(c2c(=O)n1C)CCC3)C(=O)N(C)c1ccccc1. The average Bonchev–Trinajstić information content (AvgIpc) is 3.26. The Morgan fingerprint density at radius 2 is 2.04 bits per heavy atom. The predicted octanol–water partition coefficient (Wildman–Crippen LogP) is 3.63. The number of carbonyl (C=O) groups is 1. The van der Waals surface area contributed by atoms with Gasteiger partial charge < -0.3 is 4.90 Å². The molecule has 2 heterocycles. The summed E-state index contributed by atoms with van der Waals surface area (Å²) in [4.78, 5) is 34.2. The van der Waals surface area contributed by atoms with E-state index >= 15 is 0 Å². The van der Waals surface area contributed by atoms with E-state index in [-0.39, 0.29) is 16.7 Å². The zero-order valence-electron chi connectivity index (χ0n) is 15.6. The van der Waals surface area contributed by atoms with Crippen molar-refractivity contribution in [1.29, 1.82) is 0 Å². The van der Waals surface area contributed by atoms with E-state index < -0.39 is 0 Å². The van der Waals surface area contributed by atoms with Crippen LogP contribution in [0.5, 0.6) is 0 Å². The van der Waals surface area contributed by atoms with Crippen LogP contribution in [0.25, 0.3) is 10.2 Å². The molecule has 1 aliphatic carbocycles. The lowest BCUT2D eigenvalue weighted by molar-refractivity contribution is -0.117. The number of benzene rings is 1. The van der Waals surface area contributed by atoms with Gasteiger partial charge in [-0.05, 0) is 43.9 Å². The second-order valence-corrected chi connectivity index (χ2v) is 9.18. The van der Waals surface area contributed by atoms with Gasteiger partial charge in [-0.15, -0.1) is 11.3 Å². The van der Waals surface area contributed by atoms with E-state index in [9.17, 15) is 9.59 Å². The van der Waals surface area contributed by atoms with Gasteiger partial charge in [-0.2, -0.15) is 0 Å². The number of aryl methyl sites for hydroxylation is 2. The van der Waals surface area contributed by atoms with Gasteiger partial charge in [-0.25, -0.2) is 4.98 Å². The zero-order chi connectivity index (χ0) is 19.1. The number of nitrogens with zero attached hydrogens (tertiary/aromatic N) is 3. The van der Waals surface area contributed by atoms with Gasteiger partial charge in [0.15, 0.2) is 5.16 Å². The molecule has 0 N–H and O–H groups in total. The van der Waals surface area contributed by atoms with Crippen molar-refractivity contribution in [2.45, 2.75) is 36.6 Å². The van der Waals surface area contributed by atoms with Crippen molar-refractivity contribution in [3.63, 3.8) is 0 Å². The predicted molar refractivity (Wildman–Crippen MR) is 112 cm³/mol. The summed E-state index contributed by atoms with van der Waals surface area (Å²) < 4.78 is 1.59. The molecule has 0 spiro atoms. The highest BCUT2D eigenvalue weighted by molar-refractivity contribution is 8.00. The molecule has 0 fully saturated rings. The van der Waals surface area contributed by atoms with Crippen molar-refractivity contribution in [3.8, 4) is 0 Å². The summed E-state index contributed by atoms with van der Waals surface area (Å²) in [5, 5.41) is 1.02. The quantitative estimate of drug-likeness (QED) is 0.497. The van der Waals surface area contributed by atoms with Crippen LogP contribution in [0.4, 0.5) is 5.69 Å². The molecule has 1 unspecified atom stereocenters. The van der Waals surface area contributed by atoms with Crippen molar-refractivity contribution in [3.05, 3.63) is 51.1 Å². The number of anilines is 1. The minimum absolute atomic E-state index is 0.00189. The minimum atomic E-state index is -0.349. The van der Waals surface area contributed by atoms with Crippen molar-refractivity contribution >= 4 is 44.9 Å². The fourth-order valence-corrected chi connectivity index (χ4v) is 5.74. The Morgan fingerprint density at radius 1 is 1.30 bits per heavy atom. The molecule has 1 atom stereocenters. The molecular weight excluding hydrogens is 378 g/mol. The molecule has 5 nitrogen and oxygen atoms in total. The molecule has 4 rings (SSSR count). The van der Waals surface area contributed by atoms with Crippen LogP contribution < -0.4 is 10.5 Å². The molecule has 1 aliphatic rings. The van der Waals surface area contributed by atoms with Crippen LogP contribution in [0.15, 0.2) is 40.3 Å². The van der Waals surface area contributed by atoms with E-state index in [0.717, 1.165) is 35.2 Å². The number of hydrogen-bond acceptors (Lipinski definition) is 5. The van der Waals surface area contributed by atoms with E-state index in [1.807, 2.05) is 37.3 Å². The summed E-state index contributed by atoms with van der Waals surface area (Å²) in [5.41, 5.74) is 2.03. The summed E-state index contributed by atoms with van der Waals surface area (Å²) in [7, 11) is 3.52. The largest absolute Gasteiger partial charge is 0.315 e. The summed E-state index contributed by atoms with van der Waals surface area (Å²) in [6, 6.07) is 9.55. The maximum absolute atomic E-state index is 12.9. The van der Waals surface area contributed by atoms with Crippen molar-refractivity contribution in [1.82, 2.24) is 9.55 Å². The van der Waals surface area contributed by atoms with Crippen LogP contribution in [-0.4, -0.2) is 27.8 Å². The summed E-state index contributed by atoms with van der Waals surface area (Å²) in [5.74, 6) is -0.0192. The summed E-state index contributed by atoms with van der Waals surface area (Å²) in [6.07, 6.45) is 3.13. The van der Waals surface area contributed by atoms with Gasteiger partial charge in [0, 0.05) is 24.7 Å². The fourth-order valence-electron chi connectivity index (χ4n) is 3.47. The molecule has 0 saturated carbocycles. The Hall–Kier alpha value is -2.12. The van der Waals surface area contributed by atoms with Gasteiger partial charge >= 0.3 is 0 Å². The average molecular weight is 400 g/mol. The van der Waals surface area contributed by atoms with Crippen molar-refractivity contribution < 1.29 is 4.79 Å². The number of rotatable bonds is 4. The first-order valence-corrected chi connectivity index (χ1v) is 10.7. The first-order chi connectivity index (χ1) is 13.0. The number of para-hydroxylation sites is 1. The number of aromatic nitrogens is 2. The molecule has 7 heteroatoms. The molecule has 140 valence electrons. The van der Waals surface area contributed by atoms with Gasteiger partial charge in [0.1, 0.15) is 4.83 Å². The lowest BCUT2D eigenvalue weighted by Gasteiger charge is -2.21. The Labute approximate surface area is 166 Å². The van der Waals surface area contributed by atoms with Crippen LogP contribution >= 0.6 is 23.1 Å². The molecule has 0 aliphatic heterocycles. The molecule has 1 aromatic carbocycles. The van der Waals surface area contributed by atoms with Gasteiger partial charge in [0.05, 0.1) is 10.6 Å². The molecular formula is C20H21N3O2S2. The van der Waals surface area contributed by atoms with Crippen LogP contribution in [-0.2, 0) is 24.7 Å². The highest BCUT2D eigenvalue weighted by atomic mass is 32.2. The maximum atomic E-state index is 12.9. The van der Waals surface area contributed by atoms with Crippen LogP contribution in [0.1, 0.15) is 23.8 Å². The van der Waals surface area contributed by atoms with E-state index in [2.05, 4.69) is 0 Å². The van der Waals surface area contributed by atoms with Crippen molar-refractivity contribution in [2.75, 3.05) is 11.9 Å². The number of fused-ring (bicyclic) bond motifs is 3. The zero-order valence-corrected chi connectivity index (χ0v) is 17.2. The Balaban J connectivity index is 1.62. The van der Waals surface area contributed by atoms with E-state index in [1.165, 1.54) is 22.2 Å². The van der Waals surface area contributed by atoms with Gasteiger partial charge in [-0.1, -0.05) is 30.0 Å². The number of carbonyl (C=O) groups excluding carboxylic acids is 1. The maximum Gasteiger partial charge on any atom is 0.262 e. The standard InChI is InChI=1S/C20H21N3O2S2/c1-12(18(24)22(2)13-8-5-4-6-9-13)26-20-21-17-16(19(25)23(20)3)14-10-7-11-15(14)27-17/h4-6,8-9,12H,7,10-11H2,1-3H3. The second kappa shape index (κ2) is 7.13. The molecule has 2 aromatic heterocycles. The van der Waals surface area contributed by atoms with E-state index in [4.69, 9.17) is 4.98 Å². The lowest BCUT2D eigenvalue weighted by Crippen LogP contribution is -2.33. The normalized spacial score (nSPS) is 14.3. The summed E-state index contributed by atoms with van der Waals surface area (Å²) in [6.45, 7) is 1.86. The van der Waals surface area contributed by atoms with E-state index in [1.54, 1.807) is 34.9 Å². The molecule has 1 amide bonds. The second-order valence-electron chi connectivity index (χ2n) is 6.79. The number of thiophene rings is 1. The smallest absolute Gasteiger partial charge is 0.262 e. The number of thioether (sulfide) groups is 1. The molecule has 3 aromatic rings. The minimum Gasteiger partial charge on any atom is -0.315 e. The molecule has 0 saturated heterocycles. The fraction of sp³-hybridized carbons (Fsp3) is 0.350. The summed E-state index contributed by atoms with van der Waals surface area (Å²) >= 11 is 2.97. The van der Waals surface area contributed by atoms with Crippen LogP contribution in [0, 0.1) is 0 Å².